The van der Waals surface area contributed by atoms with Crippen molar-refractivity contribution in [2.75, 3.05) is 24.6 Å². The highest BCUT2D eigenvalue weighted by Crippen LogP contribution is 2.26. The molecular formula is C11H23NO2S. The maximum Gasteiger partial charge on any atom is 0.150 e. The molecule has 1 saturated carbocycles. The molecule has 15 heavy (non-hydrogen) atoms. The quantitative estimate of drug-likeness (QED) is 0.679. The minimum atomic E-state index is -2.79. The summed E-state index contributed by atoms with van der Waals surface area (Å²) in [5.74, 6) is 1.24. The van der Waals surface area contributed by atoms with Crippen molar-refractivity contribution < 1.29 is 8.42 Å². The molecule has 1 rings (SSSR count). The second-order valence-electron chi connectivity index (χ2n) is 4.47. The lowest BCUT2D eigenvalue weighted by Crippen LogP contribution is -2.21. The number of hydrogen-bond acceptors (Lipinski definition) is 3. The maximum absolute atomic E-state index is 11.7. The number of sulfone groups is 1. The van der Waals surface area contributed by atoms with E-state index in [1.807, 2.05) is 6.92 Å². The van der Waals surface area contributed by atoms with E-state index in [4.69, 9.17) is 0 Å². The second-order valence-corrected chi connectivity index (χ2v) is 6.70. The first-order valence-corrected chi connectivity index (χ1v) is 7.87. The largest absolute Gasteiger partial charge is 0.317 e. The zero-order valence-corrected chi connectivity index (χ0v) is 10.5. The monoisotopic (exact) mass is 233 g/mol. The summed E-state index contributed by atoms with van der Waals surface area (Å²) in [5.41, 5.74) is 0. The summed E-state index contributed by atoms with van der Waals surface area (Å²) in [5, 5.41) is 3.15. The van der Waals surface area contributed by atoms with Crippen LogP contribution in [0.25, 0.3) is 0 Å². The molecule has 1 N–H and O–H groups in total. The van der Waals surface area contributed by atoms with Gasteiger partial charge >= 0.3 is 0 Å². The van der Waals surface area contributed by atoms with Gasteiger partial charge in [0.2, 0.25) is 0 Å². The van der Waals surface area contributed by atoms with Gasteiger partial charge in [0, 0.05) is 0 Å². The third-order valence-corrected chi connectivity index (χ3v) is 4.91. The Labute approximate surface area is 93.6 Å². The van der Waals surface area contributed by atoms with Gasteiger partial charge in [-0.2, -0.15) is 0 Å². The molecular weight excluding hydrogens is 210 g/mol. The third kappa shape index (κ3) is 5.52. The van der Waals surface area contributed by atoms with Crippen molar-refractivity contribution in [2.24, 2.45) is 5.92 Å². The van der Waals surface area contributed by atoms with E-state index in [9.17, 15) is 8.42 Å². The van der Waals surface area contributed by atoms with E-state index in [0.717, 1.165) is 32.4 Å². The molecule has 0 aromatic rings. The van der Waals surface area contributed by atoms with Crippen LogP contribution in [0.2, 0.25) is 0 Å². The average Bonchev–Trinajstić information content (AvgIpc) is 2.64. The van der Waals surface area contributed by atoms with Crippen molar-refractivity contribution in [3.8, 4) is 0 Å². The minimum Gasteiger partial charge on any atom is -0.317 e. The molecule has 0 amide bonds. The molecule has 0 heterocycles. The van der Waals surface area contributed by atoms with Gasteiger partial charge in [0.25, 0.3) is 0 Å². The van der Waals surface area contributed by atoms with E-state index < -0.39 is 9.84 Å². The Morgan fingerprint density at radius 3 is 2.53 bits per heavy atom. The maximum atomic E-state index is 11.7. The Hall–Kier alpha value is -0.0900. The lowest BCUT2D eigenvalue weighted by Gasteiger charge is -2.09. The molecule has 1 aliphatic carbocycles. The van der Waals surface area contributed by atoms with Gasteiger partial charge in [0.1, 0.15) is 0 Å². The predicted molar refractivity (Wildman–Crippen MR) is 63.8 cm³/mol. The van der Waals surface area contributed by atoms with Crippen LogP contribution >= 0.6 is 0 Å². The number of rotatable bonds is 7. The summed E-state index contributed by atoms with van der Waals surface area (Å²) >= 11 is 0. The fourth-order valence-electron chi connectivity index (χ4n) is 2.21. The smallest absolute Gasteiger partial charge is 0.150 e. The van der Waals surface area contributed by atoms with Crippen molar-refractivity contribution in [2.45, 2.75) is 39.0 Å². The minimum absolute atomic E-state index is 0.358. The SMILES string of the molecule is CCNCCCS(=O)(=O)CC1CCCC1. The van der Waals surface area contributed by atoms with E-state index in [0.29, 0.717) is 17.4 Å². The molecule has 0 aromatic heterocycles. The third-order valence-electron chi connectivity index (χ3n) is 3.02. The molecule has 0 bridgehead atoms. The summed E-state index contributed by atoms with van der Waals surface area (Å²) in [6, 6.07) is 0. The van der Waals surface area contributed by atoms with E-state index in [1.165, 1.54) is 12.8 Å². The lowest BCUT2D eigenvalue weighted by atomic mass is 10.1. The number of hydrogen-bond donors (Lipinski definition) is 1. The van der Waals surface area contributed by atoms with Crippen molar-refractivity contribution in [1.82, 2.24) is 5.32 Å². The van der Waals surface area contributed by atoms with E-state index in [-0.39, 0.29) is 0 Å². The van der Waals surface area contributed by atoms with Crippen LogP contribution in [0.3, 0.4) is 0 Å². The van der Waals surface area contributed by atoms with Crippen LogP contribution in [0.1, 0.15) is 39.0 Å². The van der Waals surface area contributed by atoms with Crippen LogP contribution in [0.15, 0.2) is 0 Å². The molecule has 0 saturated heterocycles. The molecule has 0 atom stereocenters. The van der Waals surface area contributed by atoms with Gasteiger partial charge in [0.15, 0.2) is 9.84 Å². The van der Waals surface area contributed by atoms with Gasteiger partial charge < -0.3 is 5.32 Å². The van der Waals surface area contributed by atoms with Crippen LogP contribution in [0, 0.1) is 5.92 Å². The molecule has 0 unspecified atom stereocenters. The zero-order valence-electron chi connectivity index (χ0n) is 9.67. The highest BCUT2D eigenvalue weighted by Gasteiger charge is 2.21. The Morgan fingerprint density at radius 2 is 1.93 bits per heavy atom. The predicted octanol–water partition coefficient (Wildman–Crippen LogP) is 1.59. The van der Waals surface area contributed by atoms with E-state index in [2.05, 4.69) is 5.32 Å². The average molecular weight is 233 g/mol. The van der Waals surface area contributed by atoms with Gasteiger partial charge in [-0.25, -0.2) is 8.42 Å². The first-order valence-electron chi connectivity index (χ1n) is 6.05. The summed E-state index contributed by atoms with van der Waals surface area (Å²) < 4.78 is 23.4. The van der Waals surface area contributed by atoms with Gasteiger partial charge in [-0.1, -0.05) is 19.8 Å². The molecule has 0 aromatic carbocycles. The second kappa shape index (κ2) is 6.48. The standard InChI is InChI=1S/C11H23NO2S/c1-2-12-8-5-9-15(13,14)10-11-6-3-4-7-11/h11-12H,2-10H2,1H3. The fourth-order valence-corrected chi connectivity index (χ4v) is 4.02. The normalized spacial score (nSPS) is 18.5. The molecule has 1 fully saturated rings. The highest BCUT2D eigenvalue weighted by atomic mass is 32.2. The first kappa shape index (κ1) is 13.0. The van der Waals surface area contributed by atoms with Gasteiger partial charge in [-0.15, -0.1) is 0 Å². The fraction of sp³-hybridized carbons (Fsp3) is 1.00. The first-order chi connectivity index (χ1) is 7.14. The Bertz CT molecular complexity index is 256. The van der Waals surface area contributed by atoms with Gasteiger partial charge in [-0.05, 0) is 38.3 Å². The molecule has 0 spiro atoms. The molecule has 4 heteroatoms. The van der Waals surface area contributed by atoms with Crippen LogP contribution in [0.4, 0.5) is 0 Å². The van der Waals surface area contributed by atoms with Crippen LogP contribution in [0.5, 0.6) is 0 Å². The van der Waals surface area contributed by atoms with Crippen LogP contribution in [-0.2, 0) is 9.84 Å². The Morgan fingerprint density at radius 1 is 1.27 bits per heavy atom. The van der Waals surface area contributed by atoms with E-state index in [1.54, 1.807) is 0 Å². The Balaban J connectivity index is 2.19. The van der Waals surface area contributed by atoms with Gasteiger partial charge in [-0.3, -0.25) is 0 Å². The molecule has 0 aliphatic heterocycles. The van der Waals surface area contributed by atoms with Crippen molar-refractivity contribution in [3.63, 3.8) is 0 Å². The zero-order chi connectivity index (χ0) is 11.1. The van der Waals surface area contributed by atoms with Crippen LogP contribution in [-0.4, -0.2) is 33.0 Å². The van der Waals surface area contributed by atoms with Crippen molar-refractivity contribution in [3.05, 3.63) is 0 Å². The number of nitrogens with one attached hydrogen (secondary N) is 1. The molecule has 1 aliphatic rings. The lowest BCUT2D eigenvalue weighted by molar-refractivity contribution is 0.555. The summed E-state index contributed by atoms with van der Waals surface area (Å²) in [6.07, 6.45) is 5.43. The topological polar surface area (TPSA) is 46.2 Å². The molecule has 90 valence electrons. The van der Waals surface area contributed by atoms with Gasteiger partial charge in [0.05, 0.1) is 11.5 Å². The summed E-state index contributed by atoms with van der Waals surface area (Å²) in [7, 11) is -2.79. The molecule has 3 nitrogen and oxygen atoms in total. The molecule has 0 radical (unpaired) electrons. The van der Waals surface area contributed by atoms with Crippen LogP contribution < -0.4 is 5.32 Å². The van der Waals surface area contributed by atoms with Crippen molar-refractivity contribution in [1.29, 1.82) is 0 Å². The summed E-state index contributed by atoms with van der Waals surface area (Å²) in [6.45, 7) is 3.77. The summed E-state index contributed by atoms with van der Waals surface area (Å²) in [4.78, 5) is 0. The highest BCUT2D eigenvalue weighted by molar-refractivity contribution is 7.91. The van der Waals surface area contributed by atoms with Crippen molar-refractivity contribution >= 4 is 9.84 Å². The Kier molecular flexibility index (Phi) is 5.61. The van der Waals surface area contributed by atoms with E-state index >= 15 is 0 Å².